The number of carbonyl (C=O) groups excluding carboxylic acids is 1. The third-order valence-corrected chi connectivity index (χ3v) is 3.10. The second-order valence-corrected chi connectivity index (χ2v) is 4.38. The van der Waals surface area contributed by atoms with Crippen molar-refractivity contribution in [2.75, 3.05) is 6.61 Å². The van der Waals surface area contributed by atoms with Gasteiger partial charge in [-0.2, -0.15) is 0 Å². The van der Waals surface area contributed by atoms with Crippen LogP contribution in [-0.4, -0.2) is 17.6 Å². The summed E-state index contributed by atoms with van der Waals surface area (Å²) in [6, 6.07) is -0.672. The molecule has 1 aromatic heterocycles. The number of ether oxygens (including phenoxy) is 1. The molecule has 102 valence electrons. The lowest BCUT2D eigenvalue weighted by molar-refractivity contribution is -0.143. The van der Waals surface area contributed by atoms with Gasteiger partial charge in [0.1, 0.15) is 5.15 Å². The molecule has 0 amide bonds. The van der Waals surface area contributed by atoms with Gasteiger partial charge < -0.3 is 10.5 Å². The zero-order valence-electron chi connectivity index (χ0n) is 9.45. The quantitative estimate of drug-likeness (QED) is 0.677. The van der Waals surface area contributed by atoms with Gasteiger partial charge in [0, 0.05) is 17.8 Å². The standard InChI is InChI=1S/C10H11Cl3N2O2.ClH/c1-2-17-7(16)3-6(14)8-5(11)4-15-10(13)9(8)12;/h4,6H,2-3,14H2,1H3;1H/t6-;/m0./s1. The normalized spacial score (nSPS) is 11.6. The number of pyridine rings is 1. The van der Waals surface area contributed by atoms with Crippen molar-refractivity contribution in [3.63, 3.8) is 0 Å². The first-order chi connectivity index (χ1) is 7.97. The first-order valence-corrected chi connectivity index (χ1v) is 6.01. The summed E-state index contributed by atoms with van der Waals surface area (Å²) in [6.45, 7) is 2.01. The van der Waals surface area contributed by atoms with Gasteiger partial charge >= 0.3 is 5.97 Å². The van der Waals surface area contributed by atoms with E-state index in [4.69, 9.17) is 45.3 Å². The van der Waals surface area contributed by atoms with E-state index in [0.29, 0.717) is 12.2 Å². The SMILES string of the molecule is CCOC(=O)C[C@H](N)c1c(Cl)cnc(Cl)c1Cl.Cl. The van der Waals surface area contributed by atoms with Gasteiger partial charge in [-0.15, -0.1) is 12.4 Å². The summed E-state index contributed by atoms with van der Waals surface area (Å²) < 4.78 is 4.79. The number of carbonyl (C=O) groups is 1. The third kappa shape index (κ3) is 4.44. The summed E-state index contributed by atoms with van der Waals surface area (Å²) >= 11 is 17.6. The predicted octanol–water partition coefficient (Wildman–Crippen LogP) is 3.42. The van der Waals surface area contributed by atoms with Crippen LogP contribution < -0.4 is 5.73 Å². The van der Waals surface area contributed by atoms with Gasteiger partial charge in [-0.1, -0.05) is 34.8 Å². The molecule has 1 heterocycles. The largest absolute Gasteiger partial charge is 0.466 e. The van der Waals surface area contributed by atoms with E-state index in [1.165, 1.54) is 6.20 Å². The highest BCUT2D eigenvalue weighted by atomic mass is 35.5. The van der Waals surface area contributed by atoms with Gasteiger partial charge in [0.2, 0.25) is 0 Å². The molecule has 0 aliphatic heterocycles. The molecule has 1 rings (SSSR count). The molecule has 0 unspecified atom stereocenters. The molecule has 0 aliphatic rings. The Morgan fingerprint density at radius 1 is 1.50 bits per heavy atom. The van der Waals surface area contributed by atoms with Crippen LogP contribution >= 0.6 is 47.2 Å². The van der Waals surface area contributed by atoms with Crippen molar-refractivity contribution in [3.8, 4) is 0 Å². The minimum absolute atomic E-state index is 0. The molecule has 1 aromatic rings. The van der Waals surface area contributed by atoms with Crippen molar-refractivity contribution in [1.29, 1.82) is 0 Å². The molecule has 8 heteroatoms. The molecule has 0 aromatic carbocycles. The fourth-order valence-corrected chi connectivity index (χ4v) is 2.07. The Kier molecular flexibility index (Phi) is 7.90. The Morgan fingerprint density at radius 3 is 2.67 bits per heavy atom. The molecular weight excluding hydrogens is 322 g/mol. The lowest BCUT2D eigenvalue weighted by Gasteiger charge is -2.14. The monoisotopic (exact) mass is 332 g/mol. The van der Waals surface area contributed by atoms with Gasteiger partial charge in [-0.25, -0.2) is 4.98 Å². The molecule has 18 heavy (non-hydrogen) atoms. The first kappa shape index (κ1) is 17.7. The first-order valence-electron chi connectivity index (χ1n) is 4.88. The van der Waals surface area contributed by atoms with Crippen LogP contribution in [0.5, 0.6) is 0 Å². The van der Waals surface area contributed by atoms with Crippen LogP contribution in [0.4, 0.5) is 0 Å². The summed E-state index contributed by atoms with van der Waals surface area (Å²) in [4.78, 5) is 15.1. The summed E-state index contributed by atoms with van der Waals surface area (Å²) in [5.74, 6) is -0.417. The third-order valence-electron chi connectivity index (χ3n) is 2.03. The van der Waals surface area contributed by atoms with E-state index in [9.17, 15) is 4.79 Å². The number of hydrogen-bond acceptors (Lipinski definition) is 4. The van der Waals surface area contributed by atoms with Crippen LogP contribution in [0.25, 0.3) is 0 Å². The topological polar surface area (TPSA) is 65.2 Å². The number of rotatable bonds is 4. The molecule has 2 N–H and O–H groups in total. The maximum atomic E-state index is 11.3. The Bertz CT molecular complexity index is 429. The minimum Gasteiger partial charge on any atom is -0.466 e. The molecule has 4 nitrogen and oxygen atoms in total. The van der Waals surface area contributed by atoms with Gasteiger partial charge in [0.05, 0.1) is 23.1 Å². The lowest BCUT2D eigenvalue weighted by atomic mass is 10.1. The average molecular weight is 334 g/mol. The number of aromatic nitrogens is 1. The van der Waals surface area contributed by atoms with Crippen LogP contribution in [0.2, 0.25) is 15.2 Å². The zero-order chi connectivity index (χ0) is 13.0. The number of nitrogens with zero attached hydrogens (tertiary/aromatic N) is 1. The van der Waals surface area contributed by atoms with E-state index in [1.807, 2.05) is 0 Å². The molecule has 0 bridgehead atoms. The van der Waals surface area contributed by atoms with Gasteiger partial charge in [-0.05, 0) is 6.92 Å². The number of nitrogens with two attached hydrogens (primary N) is 1. The maximum Gasteiger partial charge on any atom is 0.307 e. The van der Waals surface area contributed by atoms with Crippen molar-refractivity contribution < 1.29 is 9.53 Å². The van der Waals surface area contributed by atoms with E-state index in [-0.39, 0.29) is 34.0 Å². The van der Waals surface area contributed by atoms with Crippen molar-refractivity contribution in [3.05, 3.63) is 27.0 Å². The zero-order valence-corrected chi connectivity index (χ0v) is 12.5. The van der Waals surface area contributed by atoms with Crippen molar-refractivity contribution in [2.45, 2.75) is 19.4 Å². The molecule has 1 atom stereocenters. The summed E-state index contributed by atoms with van der Waals surface area (Å²) in [5, 5.41) is 0.539. The molecule has 0 fully saturated rings. The lowest BCUT2D eigenvalue weighted by Crippen LogP contribution is -2.18. The Morgan fingerprint density at radius 2 is 2.11 bits per heavy atom. The molecule has 0 radical (unpaired) electrons. The molecule has 0 spiro atoms. The highest BCUT2D eigenvalue weighted by Crippen LogP contribution is 2.34. The van der Waals surface area contributed by atoms with Crippen LogP contribution in [0.15, 0.2) is 6.20 Å². The van der Waals surface area contributed by atoms with Gasteiger partial charge in [0.25, 0.3) is 0 Å². The minimum atomic E-state index is -0.672. The van der Waals surface area contributed by atoms with Gasteiger partial charge in [0.15, 0.2) is 0 Å². The highest BCUT2D eigenvalue weighted by molar-refractivity contribution is 6.43. The number of halogens is 4. The van der Waals surface area contributed by atoms with Gasteiger partial charge in [-0.3, -0.25) is 4.79 Å². The average Bonchev–Trinajstić information content (AvgIpc) is 2.24. The van der Waals surface area contributed by atoms with E-state index >= 15 is 0 Å². The van der Waals surface area contributed by atoms with Crippen LogP contribution in [0, 0.1) is 0 Å². The fourth-order valence-electron chi connectivity index (χ4n) is 1.30. The Hall–Kier alpha value is -0.260. The van der Waals surface area contributed by atoms with Crippen molar-refractivity contribution >= 4 is 53.2 Å². The molecule has 0 aliphatic carbocycles. The second-order valence-electron chi connectivity index (χ2n) is 3.24. The predicted molar refractivity (Wildman–Crippen MR) is 74.7 cm³/mol. The van der Waals surface area contributed by atoms with Crippen LogP contribution in [-0.2, 0) is 9.53 Å². The molecular formula is C10H12Cl4N2O2. The molecule has 0 saturated heterocycles. The highest BCUT2D eigenvalue weighted by Gasteiger charge is 2.20. The summed E-state index contributed by atoms with van der Waals surface area (Å²) in [7, 11) is 0. The molecule has 0 saturated carbocycles. The van der Waals surface area contributed by atoms with E-state index in [2.05, 4.69) is 4.98 Å². The summed E-state index contributed by atoms with van der Waals surface area (Å²) in [5.41, 5.74) is 6.24. The smallest absolute Gasteiger partial charge is 0.307 e. The second kappa shape index (κ2) is 8.02. The number of hydrogen-bond donors (Lipinski definition) is 1. The number of esters is 1. The van der Waals surface area contributed by atoms with Crippen molar-refractivity contribution in [1.82, 2.24) is 4.98 Å². The van der Waals surface area contributed by atoms with Crippen LogP contribution in [0.3, 0.4) is 0 Å². The summed E-state index contributed by atoms with van der Waals surface area (Å²) in [6.07, 6.45) is 1.32. The van der Waals surface area contributed by atoms with E-state index in [1.54, 1.807) is 6.92 Å². The Balaban J connectivity index is 0.00000289. The van der Waals surface area contributed by atoms with E-state index in [0.717, 1.165) is 0 Å². The van der Waals surface area contributed by atoms with E-state index < -0.39 is 12.0 Å². The van der Waals surface area contributed by atoms with Crippen LogP contribution in [0.1, 0.15) is 24.9 Å². The van der Waals surface area contributed by atoms with Crippen molar-refractivity contribution in [2.24, 2.45) is 5.73 Å². The maximum absolute atomic E-state index is 11.3. The fraction of sp³-hybridized carbons (Fsp3) is 0.400. The Labute approximate surface area is 126 Å².